The Morgan fingerprint density at radius 3 is 3.14 bits per heavy atom. The van der Waals surface area contributed by atoms with Crippen molar-refractivity contribution in [3.63, 3.8) is 0 Å². The number of nitriles is 1. The van der Waals surface area contributed by atoms with E-state index >= 15 is 0 Å². The summed E-state index contributed by atoms with van der Waals surface area (Å²) in [6.07, 6.45) is 1.67. The number of hydrogen-bond donors (Lipinski definition) is 1. The van der Waals surface area contributed by atoms with E-state index in [1.807, 2.05) is 0 Å². The molecule has 1 heterocycles. The lowest BCUT2D eigenvalue weighted by atomic mass is 9.96. The number of anilines is 1. The second kappa shape index (κ2) is 3.71. The summed E-state index contributed by atoms with van der Waals surface area (Å²) in [6, 6.07) is 8.63. The molecule has 0 bridgehead atoms. The van der Waals surface area contributed by atoms with Crippen molar-refractivity contribution in [1.82, 2.24) is 0 Å². The Morgan fingerprint density at radius 1 is 1.57 bits per heavy atom. The van der Waals surface area contributed by atoms with Gasteiger partial charge >= 0.3 is 0 Å². The highest BCUT2D eigenvalue weighted by Crippen LogP contribution is 2.35. The number of hydrogen-bond acceptors (Lipinski definition) is 2. The van der Waals surface area contributed by atoms with E-state index in [0.717, 1.165) is 13.0 Å². The van der Waals surface area contributed by atoms with Crippen LogP contribution < -0.4 is 5.32 Å². The monoisotopic (exact) mass is 186 g/mol. The average molecular weight is 186 g/mol. The van der Waals surface area contributed by atoms with Crippen molar-refractivity contribution in [3.8, 4) is 6.07 Å². The molecular weight excluding hydrogens is 172 g/mol. The van der Waals surface area contributed by atoms with E-state index in [4.69, 9.17) is 5.26 Å². The molecule has 0 saturated heterocycles. The second-order valence-electron chi connectivity index (χ2n) is 3.67. The Morgan fingerprint density at radius 2 is 2.43 bits per heavy atom. The predicted molar refractivity (Wildman–Crippen MR) is 57.3 cm³/mol. The number of nitrogens with zero attached hydrogens (tertiary/aromatic N) is 1. The first-order valence-electron chi connectivity index (χ1n) is 5.09. The van der Waals surface area contributed by atoms with Crippen LogP contribution in [-0.4, -0.2) is 6.54 Å². The molecule has 2 heteroatoms. The van der Waals surface area contributed by atoms with Crippen molar-refractivity contribution >= 4 is 5.69 Å². The van der Waals surface area contributed by atoms with Crippen LogP contribution in [0.25, 0.3) is 0 Å². The van der Waals surface area contributed by atoms with Gasteiger partial charge in [0.2, 0.25) is 0 Å². The molecule has 0 aromatic heterocycles. The van der Waals surface area contributed by atoms with Gasteiger partial charge in [0.1, 0.15) is 0 Å². The summed E-state index contributed by atoms with van der Waals surface area (Å²) in [5.74, 6) is 0.390. The van der Waals surface area contributed by atoms with E-state index in [9.17, 15) is 0 Å². The van der Waals surface area contributed by atoms with Gasteiger partial charge in [-0.2, -0.15) is 5.26 Å². The molecule has 14 heavy (non-hydrogen) atoms. The van der Waals surface area contributed by atoms with Gasteiger partial charge < -0.3 is 5.32 Å². The van der Waals surface area contributed by atoms with Gasteiger partial charge in [0.05, 0.1) is 6.07 Å². The Labute approximate surface area is 84.6 Å². The van der Waals surface area contributed by atoms with Crippen molar-refractivity contribution in [3.05, 3.63) is 29.3 Å². The minimum Gasteiger partial charge on any atom is -0.384 e. The van der Waals surface area contributed by atoms with E-state index in [-0.39, 0.29) is 0 Å². The van der Waals surface area contributed by atoms with Gasteiger partial charge in [0.25, 0.3) is 0 Å². The molecule has 0 saturated carbocycles. The Balaban J connectivity index is 2.37. The first-order valence-corrected chi connectivity index (χ1v) is 5.09. The summed E-state index contributed by atoms with van der Waals surface area (Å²) >= 11 is 0. The molecule has 1 unspecified atom stereocenters. The fraction of sp³-hybridized carbons (Fsp3) is 0.417. The zero-order valence-corrected chi connectivity index (χ0v) is 8.38. The molecule has 1 atom stereocenters. The summed E-state index contributed by atoms with van der Waals surface area (Å²) in [4.78, 5) is 0. The maximum absolute atomic E-state index is 8.70. The van der Waals surface area contributed by atoms with Crippen molar-refractivity contribution in [2.24, 2.45) is 0 Å². The number of nitrogens with one attached hydrogen (secondary N) is 1. The molecule has 1 aliphatic rings. The third-order valence-corrected chi connectivity index (χ3v) is 2.87. The number of benzene rings is 1. The van der Waals surface area contributed by atoms with Crippen molar-refractivity contribution < 1.29 is 0 Å². The number of fused-ring (bicyclic) bond motifs is 1. The lowest BCUT2D eigenvalue weighted by Crippen LogP contribution is -2.00. The smallest absolute Gasteiger partial charge is 0.0628 e. The van der Waals surface area contributed by atoms with Crippen LogP contribution in [0.4, 0.5) is 5.69 Å². The molecule has 1 aromatic rings. The van der Waals surface area contributed by atoms with Crippen molar-refractivity contribution in [2.75, 3.05) is 11.9 Å². The molecule has 72 valence electrons. The van der Waals surface area contributed by atoms with E-state index in [0.29, 0.717) is 12.3 Å². The number of para-hydroxylation sites is 1. The van der Waals surface area contributed by atoms with Gasteiger partial charge in [0, 0.05) is 24.6 Å². The van der Waals surface area contributed by atoms with Crippen LogP contribution in [0.5, 0.6) is 0 Å². The maximum atomic E-state index is 8.70. The normalized spacial score (nSPS) is 18.4. The third kappa shape index (κ3) is 1.35. The summed E-state index contributed by atoms with van der Waals surface area (Å²) in [6.45, 7) is 3.08. The van der Waals surface area contributed by atoms with E-state index in [1.165, 1.54) is 16.8 Å². The Kier molecular flexibility index (Phi) is 2.41. The van der Waals surface area contributed by atoms with Crippen LogP contribution in [0.15, 0.2) is 18.2 Å². The molecule has 2 rings (SSSR count). The Bertz CT molecular complexity index is 376. The fourth-order valence-electron chi connectivity index (χ4n) is 2.10. The maximum Gasteiger partial charge on any atom is 0.0628 e. The molecular formula is C12H14N2. The summed E-state index contributed by atoms with van der Waals surface area (Å²) < 4.78 is 0. The van der Waals surface area contributed by atoms with Gasteiger partial charge in [-0.05, 0) is 17.5 Å². The molecule has 1 N–H and O–H groups in total. The molecule has 0 amide bonds. The van der Waals surface area contributed by atoms with E-state index in [1.54, 1.807) is 0 Å². The molecule has 0 spiro atoms. The highest BCUT2D eigenvalue weighted by Gasteiger charge is 2.22. The lowest BCUT2D eigenvalue weighted by molar-refractivity contribution is 0.780. The standard InChI is InChI=1S/C12H14N2/c1-2-9-4-3-5-11-10(6-7-13)8-14-12(9)11/h3-5,10,14H,2,6,8H2,1H3. The van der Waals surface area contributed by atoms with Crippen LogP contribution >= 0.6 is 0 Å². The number of rotatable bonds is 2. The van der Waals surface area contributed by atoms with Gasteiger partial charge in [-0.15, -0.1) is 0 Å². The van der Waals surface area contributed by atoms with Crippen LogP contribution in [0.2, 0.25) is 0 Å². The SMILES string of the molecule is CCc1cccc2c1NCC2CC#N. The zero-order valence-electron chi connectivity index (χ0n) is 8.38. The first-order chi connectivity index (χ1) is 6.86. The molecule has 1 aliphatic heterocycles. The second-order valence-corrected chi connectivity index (χ2v) is 3.67. The highest BCUT2D eigenvalue weighted by molar-refractivity contribution is 5.63. The molecule has 1 aromatic carbocycles. The summed E-state index contributed by atoms with van der Waals surface area (Å²) in [5.41, 5.74) is 3.96. The lowest BCUT2D eigenvalue weighted by Gasteiger charge is -2.07. The molecule has 2 nitrogen and oxygen atoms in total. The number of aryl methyl sites for hydroxylation is 1. The van der Waals surface area contributed by atoms with Crippen LogP contribution in [-0.2, 0) is 6.42 Å². The van der Waals surface area contributed by atoms with Crippen LogP contribution in [0, 0.1) is 11.3 Å². The third-order valence-electron chi connectivity index (χ3n) is 2.87. The van der Waals surface area contributed by atoms with E-state index < -0.39 is 0 Å². The summed E-state index contributed by atoms with van der Waals surface area (Å²) in [5, 5.41) is 12.1. The van der Waals surface area contributed by atoms with Gasteiger partial charge in [-0.1, -0.05) is 25.1 Å². The topological polar surface area (TPSA) is 35.8 Å². The van der Waals surface area contributed by atoms with Crippen molar-refractivity contribution in [1.29, 1.82) is 5.26 Å². The fourth-order valence-corrected chi connectivity index (χ4v) is 2.10. The van der Waals surface area contributed by atoms with Crippen molar-refractivity contribution in [2.45, 2.75) is 25.7 Å². The van der Waals surface area contributed by atoms with E-state index in [2.05, 4.69) is 36.5 Å². The highest BCUT2D eigenvalue weighted by atomic mass is 14.9. The minimum atomic E-state index is 0.390. The van der Waals surface area contributed by atoms with Gasteiger partial charge in [-0.3, -0.25) is 0 Å². The van der Waals surface area contributed by atoms with Gasteiger partial charge in [0.15, 0.2) is 0 Å². The first kappa shape index (κ1) is 9.08. The largest absolute Gasteiger partial charge is 0.384 e. The zero-order chi connectivity index (χ0) is 9.97. The van der Waals surface area contributed by atoms with Crippen LogP contribution in [0.3, 0.4) is 0 Å². The molecule has 0 aliphatic carbocycles. The van der Waals surface area contributed by atoms with Crippen LogP contribution in [0.1, 0.15) is 30.4 Å². The molecule has 0 radical (unpaired) electrons. The molecule has 0 fully saturated rings. The average Bonchev–Trinajstić information content (AvgIpc) is 2.62. The Hall–Kier alpha value is -1.49. The van der Waals surface area contributed by atoms with Gasteiger partial charge in [-0.25, -0.2) is 0 Å². The summed E-state index contributed by atoms with van der Waals surface area (Å²) in [7, 11) is 0. The minimum absolute atomic E-state index is 0.390. The quantitative estimate of drug-likeness (QED) is 0.770. The predicted octanol–water partition coefficient (Wildman–Crippen LogP) is 2.67.